The highest BCUT2D eigenvalue weighted by Gasteiger charge is 2.33. The van der Waals surface area contributed by atoms with Crippen molar-refractivity contribution >= 4 is 5.91 Å². The second-order valence-corrected chi connectivity index (χ2v) is 4.62. The Labute approximate surface area is 115 Å². The number of carbonyl (C=O) groups is 1. The van der Waals surface area contributed by atoms with Gasteiger partial charge in [-0.05, 0) is 24.5 Å². The van der Waals surface area contributed by atoms with Gasteiger partial charge in [-0.1, -0.05) is 20.3 Å². The van der Waals surface area contributed by atoms with Crippen LogP contribution in [0.25, 0.3) is 0 Å². The third-order valence-corrected chi connectivity index (χ3v) is 2.70. The highest BCUT2D eigenvalue weighted by atomic mass is 19.4. The first kappa shape index (κ1) is 16.3. The summed E-state index contributed by atoms with van der Waals surface area (Å²) in [6.07, 6.45) is -2.79. The molecule has 1 atom stereocenters. The predicted octanol–water partition coefficient (Wildman–Crippen LogP) is 3.01. The molecule has 1 aromatic heterocycles. The second kappa shape index (κ2) is 6.58. The minimum absolute atomic E-state index is 0.150. The minimum Gasteiger partial charge on any atom is -0.477 e. The van der Waals surface area contributed by atoms with Crippen molar-refractivity contribution in [2.45, 2.75) is 32.9 Å². The van der Waals surface area contributed by atoms with Gasteiger partial charge in [-0.25, -0.2) is 4.98 Å². The SMILES string of the molecule is CCCC(C)COc1nc(C(F)(F)F)ccc1C(N)=O. The van der Waals surface area contributed by atoms with E-state index in [0.29, 0.717) is 6.07 Å². The first-order valence-corrected chi connectivity index (χ1v) is 6.26. The van der Waals surface area contributed by atoms with Gasteiger partial charge in [-0.2, -0.15) is 13.2 Å². The number of pyridine rings is 1. The largest absolute Gasteiger partial charge is 0.477 e. The Morgan fingerprint density at radius 1 is 1.45 bits per heavy atom. The Morgan fingerprint density at radius 3 is 2.60 bits per heavy atom. The molecule has 0 fully saturated rings. The van der Waals surface area contributed by atoms with Gasteiger partial charge in [0.15, 0.2) is 0 Å². The van der Waals surface area contributed by atoms with E-state index < -0.39 is 17.8 Å². The third kappa shape index (κ3) is 4.40. The van der Waals surface area contributed by atoms with E-state index in [1.165, 1.54) is 0 Å². The third-order valence-electron chi connectivity index (χ3n) is 2.70. The first-order chi connectivity index (χ1) is 9.25. The fraction of sp³-hybridized carbons (Fsp3) is 0.538. The van der Waals surface area contributed by atoms with Crippen LogP contribution in [0, 0.1) is 5.92 Å². The van der Waals surface area contributed by atoms with Gasteiger partial charge in [0.1, 0.15) is 11.3 Å². The Morgan fingerprint density at radius 2 is 2.10 bits per heavy atom. The number of nitrogens with two attached hydrogens (primary N) is 1. The molecule has 112 valence electrons. The summed E-state index contributed by atoms with van der Waals surface area (Å²) in [7, 11) is 0. The molecule has 1 amide bonds. The zero-order chi connectivity index (χ0) is 15.3. The number of amides is 1. The maximum atomic E-state index is 12.6. The summed E-state index contributed by atoms with van der Waals surface area (Å²) in [6, 6.07) is 1.69. The van der Waals surface area contributed by atoms with Gasteiger partial charge in [-0.15, -0.1) is 0 Å². The first-order valence-electron chi connectivity index (χ1n) is 6.26. The van der Waals surface area contributed by atoms with Crippen molar-refractivity contribution in [3.8, 4) is 5.88 Å². The average Bonchev–Trinajstić information content (AvgIpc) is 2.35. The molecule has 0 spiro atoms. The van der Waals surface area contributed by atoms with Crippen molar-refractivity contribution in [3.05, 3.63) is 23.4 Å². The van der Waals surface area contributed by atoms with Crippen LogP contribution in [0.1, 0.15) is 42.7 Å². The number of ether oxygens (including phenoxy) is 1. The van der Waals surface area contributed by atoms with Crippen molar-refractivity contribution < 1.29 is 22.7 Å². The lowest BCUT2D eigenvalue weighted by atomic mass is 10.1. The van der Waals surface area contributed by atoms with Crippen LogP contribution < -0.4 is 10.5 Å². The van der Waals surface area contributed by atoms with Crippen LogP contribution in [0.5, 0.6) is 5.88 Å². The summed E-state index contributed by atoms with van der Waals surface area (Å²) in [4.78, 5) is 14.5. The van der Waals surface area contributed by atoms with E-state index in [0.717, 1.165) is 18.9 Å². The highest BCUT2D eigenvalue weighted by Crippen LogP contribution is 2.30. The fourth-order valence-corrected chi connectivity index (χ4v) is 1.69. The van der Waals surface area contributed by atoms with Crippen LogP contribution in [0.15, 0.2) is 12.1 Å². The van der Waals surface area contributed by atoms with Gasteiger partial charge in [0, 0.05) is 0 Å². The molecular formula is C13H17F3N2O2. The number of hydrogen-bond acceptors (Lipinski definition) is 3. The summed E-state index contributed by atoms with van der Waals surface area (Å²) in [5.41, 5.74) is 3.84. The lowest BCUT2D eigenvalue weighted by Crippen LogP contribution is -2.18. The monoisotopic (exact) mass is 290 g/mol. The van der Waals surface area contributed by atoms with E-state index in [2.05, 4.69) is 4.98 Å². The Kier molecular flexibility index (Phi) is 5.35. The summed E-state index contributed by atoms with van der Waals surface area (Å²) < 4.78 is 43.0. The summed E-state index contributed by atoms with van der Waals surface area (Å²) in [5.74, 6) is -1.09. The molecule has 7 heteroatoms. The van der Waals surface area contributed by atoms with Gasteiger partial charge >= 0.3 is 6.18 Å². The zero-order valence-corrected chi connectivity index (χ0v) is 11.3. The molecule has 0 aliphatic heterocycles. The molecule has 2 N–H and O–H groups in total. The number of primary amides is 1. The molecule has 20 heavy (non-hydrogen) atoms. The summed E-state index contributed by atoms with van der Waals surface area (Å²) in [5, 5.41) is 0. The van der Waals surface area contributed by atoms with Crippen molar-refractivity contribution in [2.24, 2.45) is 11.7 Å². The van der Waals surface area contributed by atoms with Crippen molar-refractivity contribution in [3.63, 3.8) is 0 Å². The van der Waals surface area contributed by atoms with Crippen molar-refractivity contribution in [1.29, 1.82) is 0 Å². The Hall–Kier alpha value is -1.79. The average molecular weight is 290 g/mol. The van der Waals surface area contributed by atoms with Crippen LogP contribution in [-0.4, -0.2) is 17.5 Å². The number of hydrogen-bond donors (Lipinski definition) is 1. The van der Waals surface area contributed by atoms with E-state index in [1.807, 2.05) is 13.8 Å². The van der Waals surface area contributed by atoms with Crippen LogP contribution in [0.2, 0.25) is 0 Å². The van der Waals surface area contributed by atoms with Gasteiger partial charge in [0.05, 0.1) is 6.61 Å². The maximum Gasteiger partial charge on any atom is 0.433 e. The second-order valence-electron chi connectivity index (χ2n) is 4.62. The summed E-state index contributed by atoms with van der Waals surface area (Å²) in [6.45, 7) is 4.08. The van der Waals surface area contributed by atoms with E-state index in [9.17, 15) is 18.0 Å². The molecule has 0 aromatic carbocycles. The molecule has 1 aromatic rings. The number of nitrogens with zero attached hydrogens (tertiary/aromatic N) is 1. The smallest absolute Gasteiger partial charge is 0.433 e. The molecule has 4 nitrogen and oxygen atoms in total. The maximum absolute atomic E-state index is 12.6. The standard InChI is InChI=1S/C13H17F3N2O2/c1-3-4-8(2)7-20-12-9(11(17)19)5-6-10(18-12)13(14,15)16/h5-6,8H,3-4,7H2,1-2H3,(H2,17,19). The van der Waals surface area contributed by atoms with Crippen LogP contribution >= 0.6 is 0 Å². The number of halogens is 3. The molecule has 0 saturated carbocycles. The zero-order valence-electron chi connectivity index (χ0n) is 11.3. The molecule has 0 bridgehead atoms. The molecular weight excluding hydrogens is 273 g/mol. The summed E-state index contributed by atoms with van der Waals surface area (Å²) >= 11 is 0. The van der Waals surface area contributed by atoms with Gasteiger partial charge in [0.2, 0.25) is 5.88 Å². The van der Waals surface area contributed by atoms with Crippen LogP contribution in [0.4, 0.5) is 13.2 Å². The predicted molar refractivity (Wildman–Crippen MR) is 67.3 cm³/mol. The molecule has 0 aliphatic carbocycles. The molecule has 1 unspecified atom stereocenters. The molecule has 0 aliphatic rings. The Bertz CT molecular complexity index is 475. The number of aromatic nitrogens is 1. The quantitative estimate of drug-likeness (QED) is 0.875. The highest BCUT2D eigenvalue weighted by molar-refractivity contribution is 5.95. The molecule has 1 heterocycles. The minimum atomic E-state index is -4.59. The van der Waals surface area contributed by atoms with Gasteiger partial charge in [-0.3, -0.25) is 4.79 Å². The van der Waals surface area contributed by atoms with Crippen LogP contribution in [0.3, 0.4) is 0 Å². The van der Waals surface area contributed by atoms with Crippen LogP contribution in [-0.2, 0) is 6.18 Å². The number of rotatable bonds is 6. The lowest BCUT2D eigenvalue weighted by Gasteiger charge is -2.14. The van der Waals surface area contributed by atoms with E-state index in [4.69, 9.17) is 10.5 Å². The van der Waals surface area contributed by atoms with E-state index in [-0.39, 0.29) is 24.0 Å². The normalized spacial score (nSPS) is 13.1. The van der Waals surface area contributed by atoms with Gasteiger partial charge in [0.25, 0.3) is 5.91 Å². The number of alkyl halides is 3. The van der Waals surface area contributed by atoms with E-state index >= 15 is 0 Å². The van der Waals surface area contributed by atoms with Crippen molar-refractivity contribution in [2.75, 3.05) is 6.61 Å². The Balaban J connectivity index is 2.98. The van der Waals surface area contributed by atoms with Gasteiger partial charge < -0.3 is 10.5 Å². The molecule has 0 radical (unpaired) electrons. The number of carbonyl (C=O) groups excluding carboxylic acids is 1. The topological polar surface area (TPSA) is 65.2 Å². The van der Waals surface area contributed by atoms with E-state index in [1.54, 1.807) is 0 Å². The lowest BCUT2D eigenvalue weighted by molar-refractivity contribution is -0.141. The fourth-order valence-electron chi connectivity index (χ4n) is 1.69. The molecule has 0 saturated heterocycles. The van der Waals surface area contributed by atoms with Crippen molar-refractivity contribution in [1.82, 2.24) is 4.98 Å². The molecule has 1 rings (SSSR count).